The molecular formula is C24H26ClN3O4. The Bertz CT molecular complexity index is 1020. The first-order valence-corrected chi connectivity index (χ1v) is 11.2. The van der Waals surface area contributed by atoms with E-state index in [1.54, 1.807) is 42.5 Å². The summed E-state index contributed by atoms with van der Waals surface area (Å²) < 4.78 is 5.69. The molecule has 4 rings (SSSR count). The van der Waals surface area contributed by atoms with E-state index in [1.807, 2.05) is 13.0 Å². The molecule has 8 heteroatoms. The van der Waals surface area contributed by atoms with E-state index in [0.29, 0.717) is 22.7 Å². The first-order valence-electron chi connectivity index (χ1n) is 10.9. The minimum atomic E-state index is -0.830. The summed E-state index contributed by atoms with van der Waals surface area (Å²) in [5.41, 5.74) is 2.06. The number of anilines is 1. The lowest BCUT2D eigenvalue weighted by atomic mass is 10.00. The van der Waals surface area contributed by atoms with E-state index in [1.165, 1.54) is 4.90 Å². The van der Waals surface area contributed by atoms with Crippen LogP contribution in [0.25, 0.3) is 0 Å². The van der Waals surface area contributed by atoms with Gasteiger partial charge in [-0.1, -0.05) is 42.8 Å². The lowest BCUT2D eigenvalue weighted by Gasteiger charge is -2.24. The number of carbonyl (C=O) groups is 3. The van der Waals surface area contributed by atoms with Crippen LogP contribution in [0.2, 0.25) is 5.02 Å². The van der Waals surface area contributed by atoms with E-state index in [-0.39, 0.29) is 24.4 Å². The van der Waals surface area contributed by atoms with Crippen LogP contribution < -0.4 is 10.6 Å². The summed E-state index contributed by atoms with van der Waals surface area (Å²) in [6.07, 6.45) is 1.68. The molecule has 1 heterocycles. The van der Waals surface area contributed by atoms with Crippen molar-refractivity contribution in [2.24, 2.45) is 0 Å². The predicted octanol–water partition coefficient (Wildman–Crippen LogP) is 4.42. The molecule has 2 atom stereocenters. The second-order valence-electron chi connectivity index (χ2n) is 8.21. The topological polar surface area (TPSA) is 87.7 Å². The lowest BCUT2D eigenvalue weighted by molar-refractivity contribution is -0.126. The SMILES string of the molecule is CCCC(=O)Nc1cccc([C@H]2OC(=O)N(Cc3cccc(Cl)c3)[C@H]2C(=O)NC2CC2)c1. The zero-order chi connectivity index (χ0) is 22.7. The minimum absolute atomic E-state index is 0.0846. The number of amides is 3. The normalized spacial score (nSPS) is 20.1. The molecule has 2 aromatic carbocycles. The van der Waals surface area contributed by atoms with Gasteiger partial charge < -0.3 is 15.4 Å². The van der Waals surface area contributed by atoms with Crippen LogP contribution in [0.3, 0.4) is 0 Å². The molecule has 0 aromatic heterocycles. The average Bonchev–Trinajstić information content (AvgIpc) is 3.50. The molecule has 2 fully saturated rings. The molecule has 7 nitrogen and oxygen atoms in total. The Balaban J connectivity index is 1.61. The number of halogens is 1. The van der Waals surface area contributed by atoms with Crippen LogP contribution in [-0.2, 0) is 20.9 Å². The van der Waals surface area contributed by atoms with Gasteiger partial charge in [-0.3, -0.25) is 14.5 Å². The van der Waals surface area contributed by atoms with Crippen molar-refractivity contribution < 1.29 is 19.1 Å². The van der Waals surface area contributed by atoms with Gasteiger partial charge in [0.25, 0.3) is 0 Å². The van der Waals surface area contributed by atoms with Gasteiger partial charge in [-0.2, -0.15) is 0 Å². The Morgan fingerprint density at radius 1 is 1.16 bits per heavy atom. The largest absolute Gasteiger partial charge is 0.438 e. The molecule has 0 unspecified atom stereocenters. The van der Waals surface area contributed by atoms with Crippen molar-refractivity contribution in [3.05, 3.63) is 64.7 Å². The molecule has 32 heavy (non-hydrogen) atoms. The molecule has 0 bridgehead atoms. The number of hydrogen-bond donors (Lipinski definition) is 2. The number of benzene rings is 2. The van der Waals surface area contributed by atoms with E-state index in [0.717, 1.165) is 24.8 Å². The highest BCUT2D eigenvalue weighted by Crippen LogP contribution is 2.36. The lowest BCUT2D eigenvalue weighted by Crippen LogP contribution is -2.46. The Hall–Kier alpha value is -3.06. The fourth-order valence-electron chi connectivity index (χ4n) is 3.80. The van der Waals surface area contributed by atoms with Crippen LogP contribution in [0.4, 0.5) is 10.5 Å². The minimum Gasteiger partial charge on any atom is -0.438 e. The zero-order valence-electron chi connectivity index (χ0n) is 17.8. The summed E-state index contributed by atoms with van der Waals surface area (Å²) >= 11 is 6.10. The van der Waals surface area contributed by atoms with Crippen LogP contribution in [0.15, 0.2) is 48.5 Å². The summed E-state index contributed by atoms with van der Waals surface area (Å²) in [6.45, 7) is 2.14. The molecule has 1 aliphatic heterocycles. The highest BCUT2D eigenvalue weighted by atomic mass is 35.5. The Morgan fingerprint density at radius 3 is 2.66 bits per heavy atom. The van der Waals surface area contributed by atoms with Gasteiger partial charge in [0.2, 0.25) is 11.8 Å². The van der Waals surface area contributed by atoms with E-state index >= 15 is 0 Å². The molecule has 1 aliphatic carbocycles. The van der Waals surface area contributed by atoms with Gasteiger partial charge in [-0.05, 0) is 54.7 Å². The number of carbonyl (C=O) groups excluding carboxylic acids is 3. The third kappa shape index (κ3) is 5.22. The fraction of sp³-hybridized carbons (Fsp3) is 0.375. The Morgan fingerprint density at radius 2 is 1.94 bits per heavy atom. The number of ether oxygens (including phenoxy) is 1. The van der Waals surface area contributed by atoms with Gasteiger partial charge in [0.05, 0.1) is 6.54 Å². The van der Waals surface area contributed by atoms with Gasteiger partial charge in [0.1, 0.15) is 0 Å². The molecule has 0 radical (unpaired) electrons. The van der Waals surface area contributed by atoms with Crippen LogP contribution in [0, 0.1) is 0 Å². The summed E-state index contributed by atoms with van der Waals surface area (Å²) in [6, 6.07) is 13.6. The van der Waals surface area contributed by atoms with Crippen LogP contribution in [-0.4, -0.2) is 34.9 Å². The van der Waals surface area contributed by atoms with Crippen LogP contribution in [0.5, 0.6) is 0 Å². The summed E-state index contributed by atoms with van der Waals surface area (Å²) in [5, 5.41) is 6.41. The van der Waals surface area contributed by atoms with Crippen molar-refractivity contribution in [2.75, 3.05) is 5.32 Å². The van der Waals surface area contributed by atoms with Crippen molar-refractivity contribution in [3.8, 4) is 0 Å². The Kier molecular flexibility index (Phi) is 6.65. The number of nitrogens with one attached hydrogen (secondary N) is 2. The molecule has 168 valence electrons. The van der Waals surface area contributed by atoms with Crippen molar-refractivity contribution in [2.45, 2.75) is 57.3 Å². The molecule has 0 spiro atoms. The monoisotopic (exact) mass is 455 g/mol. The smallest absolute Gasteiger partial charge is 0.411 e. The van der Waals surface area contributed by atoms with Gasteiger partial charge in [0.15, 0.2) is 12.1 Å². The summed E-state index contributed by atoms with van der Waals surface area (Å²) in [4.78, 5) is 39.4. The molecular weight excluding hydrogens is 430 g/mol. The highest BCUT2D eigenvalue weighted by Gasteiger charge is 2.48. The van der Waals surface area contributed by atoms with Gasteiger partial charge in [0, 0.05) is 23.2 Å². The number of rotatable bonds is 8. The van der Waals surface area contributed by atoms with Gasteiger partial charge in [-0.15, -0.1) is 0 Å². The average molecular weight is 456 g/mol. The highest BCUT2D eigenvalue weighted by molar-refractivity contribution is 6.30. The second kappa shape index (κ2) is 9.61. The van der Waals surface area contributed by atoms with E-state index in [9.17, 15) is 14.4 Å². The standard InChI is InChI=1S/C24H26ClN3O4/c1-2-5-20(29)26-19-9-4-7-16(13-19)22-21(23(30)27-18-10-11-18)28(24(31)32-22)14-15-6-3-8-17(25)12-15/h3-4,6-9,12-13,18,21-22H,2,5,10-11,14H2,1H3,(H,26,29)(H,27,30)/t21-,22-/m1/s1. The maximum atomic E-state index is 13.2. The zero-order valence-corrected chi connectivity index (χ0v) is 18.6. The molecule has 2 aromatic rings. The van der Waals surface area contributed by atoms with Crippen molar-refractivity contribution in [3.63, 3.8) is 0 Å². The van der Waals surface area contributed by atoms with Crippen LogP contribution >= 0.6 is 11.6 Å². The molecule has 3 amide bonds. The molecule has 2 aliphatic rings. The second-order valence-corrected chi connectivity index (χ2v) is 8.65. The van der Waals surface area contributed by atoms with Gasteiger partial charge in [-0.25, -0.2) is 4.79 Å². The van der Waals surface area contributed by atoms with E-state index < -0.39 is 18.2 Å². The summed E-state index contributed by atoms with van der Waals surface area (Å²) in [5.74, 6) is -0.329. The molecule has 2 N–H and O–H groups in total. The van der Waals surface area contributed by atoms with Crippen LogP contribution in [0.1, 0.15) is 49.8 Å². The van der Waals surface area contributed by atoms with Crippen molar-refractivity contribution in [1.82, 2.24) is 10.2 Å². The first kappa shape index (κ1) is 22.1. The number of hydrogen-bond acceptors (Lipinski definition) is 4. The third-order valence-corrected chi connectivity index (χ3v) is 5.73. The van der Waals surface area contributed by atoms with E-state index in [2.05, 4.69) is 10.6 Å². The Labute approximate surface area is 192 Å². The first-order chi connectivity index (χ1) is 15.4. The number of nitrogens with zero attached hydrogens (tertiary/aromatic N) is 1. The quantitative estimate of drug-likeness (QED) is 0.616. The molecule has 1 saturated heterocycles. The van der Waals surface area contributed by atoms with Gasteiger partial charge >= 0.3 is 6.09 Å². The molecule has 1 saturated carbocycles. The van der Waals surface area contributed by atoms with Crippen molar-refractivity contribution in [1.29, 1.82) is 0 Å². The van der Waals surface area contributed by atoms with E-state index in [4.69, 9.17) is 16.3 Å². The third-order valence-electron chi connectivity index (χ3n) is 5.50. The maximum absolute atomic E-state index is 13.2. The fourth-order valence-corrected chi connectivity index (χ4v) is 4.01. The predicted molar refractivity (Wildman–Crippen MR) is 121 cm³/mol. The summed E-state index contributed by atoms with van der Waals surface area (Å²) in [7, 11) is 0. The van der Waals surface area contributed by atoms with Crippen molar-refractivity contribution >= 4 is 35.2 Å². The maximum Gasteiger partial charge on any atom is 0.411 e. The number of cyclic esters (lactones) is 1.